The fraction of sp³-hybridized carbons (Fsp3) is 0.281. The van der Waals surface area contributed by atoms with Gasteiger partial charge >= 0.3 is 11.9 Å². The van der Waals surface area contributed by atoms with Gasteiger partial charge in [-0.3, -0.25) is 19.7 Å². The Kier molecular flexibility index (Phi) is 12.3. The number of halogens is 1. The number of rotatable bonds is 16. The van der Waals surface area contributed by atoms with Crippen LogP contribution in [0.15, 0.2) is 84.8 Å². The second-order valence-corrected chi connectivity index (χ2v) is 11.1. The number of nitro groups is 1. The van der Waals surface area contributed by atoms with E-state index in [0.717, 1.165) is 11.8 Å². The molecule has 1 amide bonds. The van der Waals surface area contributed by atoms with Gasteiger partial charge in [0.2, 0.25) is 5.91 Å². The predicted octanol–water partition coefficient (Wildman–Crippen LogP) is 5.90. The van der Waals surface area contributed by atoms with Crippen molar-refractivity contribution in [2.75, 3.05) is 10.6 Å². The number of nitrogens with zero attached hydrogens (tertiary/aromatic N) is 1. The zero-order valence-electron chi connectivity index (χ0n) is 24.3. The fourth-order valence-electron chi connectivity index (χ4n) is 4.51. The van der Waals surface area contributed by atoms with Crippen molar-refractivity contribution >= 4 is 40.8 Å². The third-order valence-electron chi connectivity index (χ3n) is 6.68. The lowest BCUT2D eigenvalue weighted by Gasteiger charge is -2.23. The van der Waals surface area contributed by atoms with Crippen LogP contribution >= 0.6 is 11.6 Å². The van der Waals surface area contributed by atoms with E-state index in [2.05, 4.69) is 16.0 Å². The summed E-state index contributed by atoms with van der Waals surface area (Å²) in [4.78, 5) is 47.0. The Morgan fingerprint density at radius 1 is 0.886 bits per heavy atom. The molecule has 0 aliphatic carbocycles. The van der Waals surface area contributed by atoms with E-state index in [-0.39, 0.29) is 24.6 Å². The number of carboxylic acid groups (broad SMARTS) is 2. The number of hydrogen-bond donors (Lipinski definition) is 5. The normalized spacial score (nSPS) is 12.7. The van der Waals surface area contributed by atoms with Gasteiger partial charge in [-0.15, -0.1) is 0 Å². The van der Waals surface area contributed by atoms with E-state index in [4.69, 9.17) is 16.7 Å². The van der Waals surface area contributed by atoms with Gasteiger partial charge in [0, 0.05) is 29.2 Å². The van der Waals surface area contributed by atoms with Crippen LogP contribution < -0.4 is 16.0 Å². The van der Waals surface area contributed by atoms with Gasteiger partial charge in [-0.1, -0.05) is 61.8 Å². The summed E-state index contributed by atoms with van der Waals surface area (Å²) < 4.78 is 0. The minimum absolute atomic E-state index is 0.00151. The minimum atomic E-state index is -1.17. The van der Waals surface area contributed by atoms with Gasteiger partial charge in [0.25, 0.3) is 6.20 Å². The number of anilines is 2. The number of aliphatic carboxylic acids is 2. The Balaban J connectivity index is 1.73. The number of carboxylic acids is 2. The number of carbonyl (C=O) groups is 3. The highest BCUT2D eigenvalue weighted by Gasteiger charge is 2.27. The number of benzene rings is 3. The third-order valence-corrected chi connectivity index (χ3v) is 6.93. The lowest BCUT2D eigenvalue weighted by atomic mass is 9.89. The quantitative estimate of drug-likeness (QED) is 0.0963. The predicted molar refractivity (Wildman–Crippen MR) is 168 cm³/mol. The van der Waals surface area contributed by atoms with Crippen LogP contribution in [0.3, 0.4) is 0 Å². The van der Waals surface area contributed by atoms with Crippen LogP contribution in [0.1, 0.15) is 49.3 Å². The fourth-order valence-corrected chi connectivity index (χ4v) is 4.64. The van der Waals surface area contributed by atoms with Crippen LogP contribution in [-0.4, -0.2) is 39.0 Å². The molecule has 0 aliphatic heterocycles. The highest BCUT2D eigenvalue weighted by molar-refractivity contribution is 6.30. The molecule has 0 saturated heterocycles. The molecule has 3 rings (SSSR count). The van der Waals surface area contributed by atoms with Crippen molar-refractivity contribution in [2.45, 2.75) is 51.5 Å². The topological polar surface area (TPSA) is 171 Å². The van der Waals surface area contributed by atoms with E-state index in [1.165, 1.54) is 0 Å². The first-order valence-electron chi connectivity index (χ1n) is 14.0. The van der Waals surface area contributed by atoms with Crippen molar-refractivity contribution in [2.24, 2.45) is 5.92 Å². The van der Waals surface area contributed by atoms with E-state index < -0.39 is 34.7 Å². The SMILES string of the molecule is CC(C)CC(C(=O)NC(Cc1ccc(CCC(=O)O)cc1)C(=O)O)c1ccc(NC(=C[N+](=O)[O-])Nc2ccc(Cl)cc2)cc1. The summed E-state index contributed by atoms with van der Waals surface area (Å²) in [7, 11) is 0. The van der Waals surface area contributed by atoms with Crippen LogP contribution in [0.25, 0.3) is 0 Å². The van der Waals surface area contributed by atoms with Crippen molar-refractivity contribution in [3.63, 3.8) is 0 Å². The molecule has 3 aromatic carbocycles. The third kappa shape index (κ3) is 11.1. The summed E-state index contributed by atoms with van der Waals surface area (Å²) in [6.07, 6.45) is 1.69. The Hall–Kier alpha value is -4.90. The van der Waals surface area contributed by atoms with Crippen LogP contribution in [0.4, 0.5) is 11.4 Å². The molecule has 2 unspecified atom stereocenters. The molecular formula is C32H35ClN4O7. The monoisotopic (exact) mass is 622 g/mol. The van der Waals surface area contributed by atoms with Gasteiger partial charge in [-0.05, 0) is 71.8 Å². The van der Waals surface area contributed by atoms with Gasteiger partial charge in [-0.25, -0.2) is 4.79 Å². The molecule has 44 heavy (non-hydrogen) atoms. The number of aryl methyl sites for hydroxylation is 1. The number of nitrogens with one attached hydrogen (secondary N) is 3. The molecule has 0 spiro atoms. The second-order valence-electron chi connectivity index (χ2n) is 10.7. The van der Waals surface area contributed by atoms with Gasteiger partial charge in [0.1, 0.15) is 6.04 Å². The molecule has 5 N–H and O–H groups in total. The number of hydrogen-bond acceptors (Lipinski definition) is 7. The first kappa shape index (κ1) is 33.6. The van der Waals surface area contributed by atoms with Crippen LogP contribution in [-0.2, 0) is 27.2 Å². The van der Waals surface area contributed by atoms with E-state index in [0.29, 0.717) is 40.4 Å². The number of amides is 1. The molecule has 0 bridgehead atoms. The summed E-state index contributed by atoms with van der Waals surface area (Å²) in [6, 6.07) is 19.3. The molecule has 0 radical (unpaired) electrons. The second kappa shape index (κ2) is 16.1. The lowest BCUT2D eigenvalue weighted by molar-refractivity contribution is -0.403. The summed E-state index contributed by atoms with van der Waals surface area (Å²) >= 11 is 5.92. The smallest absolute Gasteiger partial charge is 0.326 e. The Morgan fingerprint density at radius 3 is 1.93 bits per heavy atom. The van der Waals surface area contributed by atoms with E-state index >= 15 is 0 Å². The maximum atomic E-state index is 13.4. The van der Waals surface area contributed by atoms with Gasteiger partial charge in [-0.2, -0.15) is 0 Å². The molecule has 2 atom stereocenters. The Labute approximate surface area is 260 Å². The first-order chi connectivity index (χ1) is 20.9. The zero-order chi connectivity index (χ0) is 32.2. The highest BCUT2D eigenvalue weighted by atomic mass is 35.5. The molecule has 0 aliphatic rings. The summed E-state index contributed by atoms with van der Waals surface area (Å²) in [6.45, 7) is 3.93. The first-order valence-corrected chi connectivity index (χ1v) is 14.3. The summed E-state index contributed by atoms with van der Waals surface area (Å²) in [5.74, 6) is -2.89. The molecule has 0 fully saturated rings. The van der Waals surface area contributed by atoms with Crippen LogP contribution in [0.5, 0.6) is 0 Å². The Morgan fingerprint density at radius 2 is 1.43 bits per heavy atom. The molecule has 0 heterocycles. The Bertz CT molecular complexity index is 1470. The zero-order valence-corrected chi connectivity index (χ0v) is 25.1. The lowest BCUT2D eigenvalue weighted by Crippen LogP contribution is -2.44. The van der Waals surface area contributed by atoms with E-state index in [1.807, 2.05) is 13.8 Å². The standard InChI is InChI=1S/C32H35ClN4O7/c1-20(2)17-27(31(40)36-28(32(41)42)18-22-5-3-21(4-6-22)7-16-30(38)39)23-8-12-25(13-9-23)34-29(19-37(43)44)35-26-14-10-24(33)11-15-26/h3-6,8-15,19-20,27-28,34-35H,7,16-18H2,1-2H3,(H,36,40)(H,38,39)(H,41,42). The summed E-state index contributed by atoms with van der Waals surface area (Å²) in [5, 5.41) is 39.1. The van der Waals surface area contributed by atoms with Crippen molar-refractivity contribution in [1.29, 1.82) is 0 Å². The molecule has 0 aromatic heterocycles. The average molecular weight is 623 g/mol. The van der Waals surface area contributed by atoms with E-state index in [1.54, 1.807) is 72.8 Å². The van der Waals surface area contributed by atoms with Crippen LogP contribution in [0.2, 0.25) is 5.02 Å². The van der Waals surface area contributed by atoms with Gasteiger partial charge in [0.15, 0.2) is 5.82 Å². The van der Waals surface area contributed by atoms with Gasteiger partial charge in [0.05, 0.1) is 10.8 Å². The van der Waals surface area contributed by atoms with E-state index in [9.17, 15) is 29.6 Å². The van der Waals surface area contributed by atoms with Crippen LogP contribution in [0, 0.1) is 16.0 Å². The molecule has 0 saturated carbocycles. The number of carbonyl (C=O) groups excluding carboxylic acids is 1. The maximum absolute atomic E-state index is 13.4. The molecule has 11 nitrogen and oxygen atoms in total. The van der Waals surface area contributed by atoms with Gasteiger partial charge < -0.3 is 26.2 Å². The molecule has 3 aromatic rings. The summed E-state index contributed by atoms with van der Waals surface area (Å²) in [5.41, 5.74) is 3.30. The van der Waals surface area contributed by atoms with Crippen molar-refractivity contribution in [3.8, 4) is 0 Å². The van der Waals surface area contributed by atoms with Crippen molar-refractivity contribution < 1.29 is 29.5 Å². The minimum Gasteiger partial charge on any atom is -0.481 e. The molecule has 232 valence electrons. The molecule has 12 heteroatoms. The maximum Gasteiger partial charge on any atom is 0.326 e. The largest absolute Gasteiger partial charge is 0.481 e. The van der Waals surface area contributed by atoms with Crippen molar-refractivity contribution in [3.05, 3.63) is 117 Å². The van der Waals surface area contributed by atoms with Crippen molar-refractivity contribution in [1.82, 2.24) is 5.32 Å². The molecular weight excluding hydrogens is 588 g/mol. The average Bonchev–Trinajstić information content (AvgIpc) is 2.96. The highest BCUT2D eigenvalue weighted by Crippen LogP contribution is 2.27.